The van der Waals surface area contributed by atoms with E-state index in [0.717, 1.165) is 0 Å². The fraction of sp³-hybridized carbons (Fsp3) is 0.600. The molecule has 1 saturated heterocycles. The van der Waals surface area contributed by atoms with E-state index in [0.29, 0.717) is 0 Å². The number of hydrogen-bond acceptors (Lipinski definition) is 3. The molecule has 1 aliphatic heterocycles. The summed E-state index contributed by atoms with van der Waals surface area (Å²) >= 11 is 0. The van der Waals surface area contributed by atoms with Crippen LogP contribution in [0.4, 0.5) is 0 Å². The van der Waals surface area contributed by atoms with Crippen LogP contribution in [-0.4, -0.2) is 24.5 Å². The Morgan fingerprint density at radius 1 is 1.67 bits per heavy atom. The molecule has 1 atom stereocenters. The second-order valence-electron chi connectivity index (χ2n) is 1.85. The molecule has 1 aliphatic rings. The van der Waals surface area contributed by atoms with Gasteiger partial charge in [0.1, 0.15) is 6.54 Å². The Morgan fingerprint density at radius 2 is 2.33 bits per heavy atom. The molecule has 50 valence electrons. The van der Waals surface area contributed by atoms with Gasteiger partial charge in [0.2, 0.25) is 0 Å². The van der Waals surface area contributed by atoms with Gasteiger partial charge in [-0.25, -0.2) is 0 Å². The maximum absolute atomic E-state index is 10.6. The number of carbonyl (C=O) groups is 2. The van der Waals surface area contributed by atoms with Crippen LogP contribution in [0.25, 0.3) is 0 Å². The molecule has 0 aromatic heterocycles. The van der Waals surface area contributed by atoms with Crippen molar-refractivity contribution < 1.29 is 14.3 Å². The maximum Gasteiger partial charge on any atom is 0.326 e. The fourth-order valence-corrected chi connectivity index (χ4v) is 0.595. The zero-order valence-electron chi connectivity index (χ0n) is 5.01. The van der Waals surface area contributed by atoms with Crippen molar-refractivity contribution in [3.63, 3.8) is 0 Å². The summed E-state index contributed by atoms with van der Waals surface area (Å²) in [6, 6.07) is 0. The summed E-state index contributed by atoms with van der Waals surface area (Å²) in [5.41, 5.74) is 0. The van der Waals surface area contributed by atoms with Crippen molar-refractivity contribution in [1.29, 1.82) is 0 Å². The maximum atomic E-state index is 10.6. The Labute approximate surface area is 52.2 Å². The molecule has 0 aromatic rings. The summed E-state index contributed by atoms with van der Waals surface area (Å²) < 4.78 is 4.55. The first-order valence-electron chi connectivity index (χ1n) is 2.67. The van der Waals surface area contributed by atoms with Crippen LogP contribution in [0.15, 0.2) is 0 Å². The molecule has 0 aliphatic carbocycles. The minimum absolute atomic E-state index is 0.00315. The third-order valence-corrected chi connectivity index (χ3v) is 1.08. The van der Waals surface area contributed by atoms with E-state index >= 15 is 0 Å². The van der Waals surface area contributed by atoms with Crippen LogP contribution >= 0.6 is 0 Å². The lowest BCUT2D eigenvalue weighted by Gasteiger charge is -2.17. The van der Waals surface area contributed by atoms with Gasteiger partial charge in [-0.2, -0.15) is 0 Å². The highest BCUT2D eigenvalue weighted by Crippen LogP contribution is 1.95. The molecular formula is C5H7NO3. The van der Waals surface area contributed by atoms with Gasteiger partial charge < -0.3 is 10.1 Å². The zero-order valence-corrected chi connectivity index (χ0v) is 5.01. The van der Waals surface area contributed by atoms with Crippen molar-refractivity contribution in [3.8, 4) is 0 Å². The number of morpholine rings is 1. The Bertz CT molecular complexity index is 154. The molecule has 1 amide bonds. The van der Waals surface area contributed by atoms with Crippen LogP contribution in [0.5, 0.6) is 0 Å². The number of esters is 1. The number of nitrogens with one attached hydrogen (secondary N) is 1. The lowest BCUT2D eigenvalue weighted by Crippen LogP contribution is -2.45. The van der Waals surface area contributed by atoms with Crippen LogP contribution in [0.3, 0.4) is 0 Å². The van der Waals surface area contributed by atoms with Gasteiger partial charge in [-0.1, -0.05) is 0 Å². The van der Waals surface area contributed by atoms with Gasteiger partial charge in [-0.15, -0.1) is 0 Å². The predicted octanol–water partition coefficient (Wildman–Crippen LogP) is -0.952. The SMILES string of the molecule is C[C@@H]1OC(=O)CNC1=O. The highest BCUT2D eigenvalue weighted by molar-refractivity contribution is 5.90. The van der Waals surface area contributed by atoms with E-state index in [4.69, 9.17) is 0 Å². The minimum atomic E-state index is -0.619. The van der Waals surface area contributed by atoms with Crippen LogP contribution in [0, 0.1) is 0 Å². The van der Waals surface area contributed by atoms with E-state index < -0.39 is 6.10 Å². The van der Waals surface area contributed by atoms with E-state index in [2.05, 4.69) is 10.1 Å². The molecule has 0 spiro atoms. The zero-order chi connectivity index (χ0) is 6.85. The molecule has 1 fully saturated rings. The Kier molecular flexibility index (Phi) is 1.38. The molecule has 0 radical (unpaired) electrons. The van der Waals surface area contributed by atoms with Gasteiger partial charge in [0.05, 0.1) is 0 Å². The Morgan fingerprint density at radius 3 is 2.78 bits per heavy atom. The first-order chi connectivity index (χ1) is 4.20. The molecule has 0 saturated carbocycles. The molecule has 1 N–H and O–H groups in total. The lowest BCUT2D eigenvalue weighted by molar-refractivity contribution is -0.159. The standard InChI is InChI=1S/C5H7NO3/c1-3-5(8)6-2-4(7)9-3/h3H,2H2,1H3,(H,6,8)/t3-/m0/s1. The number of amides is 1. The van der Waals surface area contributed by atoms with Crippen molar-refractivity contribution in [2.45, 2.75) is 13.0 Å². The lowest BCUT2D eigenvalue weighted by atomic mass is 10.3. The first-order valence-corrected chi connectivity index (χ1v) is 2.67. The van der Waals surface area contributed by atoms with Gasteiger partial charge in [0.25, 0.3) is 5.91 Å². The third-order valence-electron chi connectivity index (χ3n) is 1.08. The summed E-state index contributed by atoms with van der Waals surface area (Å²) in [4.78, 5) is 20.9. The van der Waals surface area contributed by atoms with Crippen molar-refractivity contribution in [2.24, 2.45) is 0 Å². The normalized spacial score (nSPS) is 27.0. The van der Waals surface area contributed by atoms with Gasteiger partial charge >= 0.3 is 5.97 Å². The van der Waals surface area contributed by atoms with Crippen molar-refractivity contribution >= 4 is 11.9 Å². The van der Waals surface area contributed by atoms with E-state index in [1.54, 1.807) is 0 Å². The number of cyclic esters (lactones) is 1. The molecular weight excluding hydrogens is 122 g/mol. The molecule has 1 rings (SSSR count). The van der Waals surface area contributed by atoms with Crippen molar-refractivity contribution in [3.05, 3.63) is 0 Å². The van der Waals surface area contributed by atoms with Gasteiger partial charge in [-0.05, 0) is 6.92 Å². The summed E-state index contributed by atoms with van der Waals surface area (Å²) in [5.74, 6) is -0.600. The number of ether oxygens (including phenoxy) is 1. The van der Waals surface area contributed by atoms with Crippen molar-refractivity contribution in [2.75, 3.05) is 6.54 Å². The highest BCUT2D eigenvalue weighted by Gasteiger charge is 2.22. The van der Waals surface area contributed by atoms with Crippen LogP contribution < -0.4 is 5.32 Å². The average molecular weight is 129 g/mol. The summed E-state index contributed by atoms with van der Waals surface area (Å²) in [7, 11) is 0. The highest BCUT2D eigenvalue weighted by atomic mass is 16.6. The van der Waals surface area contributed by atoms with Crippen LogP contribution in [0.2, 0.25) is 0 Å². The van der Waals surface area contributed by atoms with E-state index in [1.165, 1.54) is 6.92 Å². The molecule has 4 heteroatoms. The van der Waals surface area contributed by atoms with Gasteiger partial charge in [0.15, 0.2) is 6.10 Å². The quantitative estimate of drug-likeness (QED) is 0.429. The van der Waals surface area contributed by atoms with Gasteiger partial charge in [-0.3, -0.25) is 9.59 Å². The number of hydrogen-bond donors (Lipinski definition) is 1. The summed E-state index contributed by atoms with van der Waals surface area (Å²) in [6.07, 6.45) is -0.619. The topological polar surface area (TPSA) is 55.4 Å². The molecule has 0 unspecified atom stereocenters. The largest absolute Gasteiger partial charge is 0.451 e. The fourth-order valence-electron chi connectivity index (χ4n) is 0.595. The van der Waals surface area contributed by atoms with Crippen LogP contribution in [-0.2, 0) is 14.3 Å². The van der Waals surface area contributed by atoms with E-state index in [1.807, 2.05) is 0 Å². The molecule has 1 heterocycles. The second kappa shape index (κ2) is 2.05. The molecule has 0 aromatic carbocycles. The molecule has 9 heavy (non-hydrogen) atoms. The predicted molar refractivity (Wildman–Crippen MR) is 28.6 cm³/mol. The summed E-state index contributed by atoms with van der Waals surface area (Å²) in [6.45, 7) is 1.54. The minimum Gasteiger partial charge on any atom is -0.451 e. The Hall–Kier alpha value is -1.06. The Balaban J connectivity index is 2.54. The first kappa shape index (κ1) is 6.07. The van der Waals surface area contributed by atoms with Crippen molar-refractivity contribution in [1.82, 2.24) is 5.32 Å². The van der Waals surface area contributed by atoms with E-state index in [-0.39, 0.29) is 18.4 Å². The smallest absolute Gasteiger partial charge is 0.326 e. The van der Waals surface area contributed by atoms with E-state index in [9.17, 15) is 9.59 Å². The average Bonchev–Trinajstić information content (AvgIpc) is 1.80. The molecule has 4 nitrogen and oxygen atoms in total. The monoisotopic (exact) mass is 129 g/mol. The summed E-state index contributed by atoms with van der Waals surface area (Å²) in [5, 5.41) is 2.37. The molecule has 0 bridgehead atoms. The number of carbonyl (C=O) groups excluding carboxylic acids is 2. The van der Waals surface area contributed by atoms with Crippen LogP contribution in [0.1, 0.15) is 6.92 Å². The third kappa shape index (κ3) is 1.19. The second-order valence-corrected chi connectivity index (χ2v) is 1.85. The van der Waals surface area contributed by atoms with Gasteiger partial charge in [0, 0.05) is 0 Å². The number of rotatable bonds is 0.